The zero-order valence-corrected chi connectivity index (χ0v) is 15.6. The van der Waals surface area contributed by atoms with E-state index in [4.69, 9.17) is 9.47 Å². The number of hydrogen-bond acceptors (Lipinski definition) is 4. The quantitative estimate of drug-likeness (QED) is 0.571. The minimum absolute atomic E-state index is 0.0441. The van der Waals surface area contributed by atoms with Crippen molar-refractivity contribution in [3.8, 4) is 17.2 Å². The number of nitrogens with one attached hydrogen (secondary N) is 1. The van der Waals surface area contributed by atoms with Crippen molar-refractivity contribution < 1.29 is 27.8 Å². The third-order valence-corrected chi connectivity index (χ3v) is 4.00. The van der Waals surface area contributed by atoms with Crippen molar-refractivity contribution in [2.24, 2.45) is 0 Å². The fraction of sp³-hybridized carbons (Fsp3) is 0.136. The third kappa shape index (κ3) is 5.68. The van der Waals surface area contributed by atoms with Gasteiger partial charge in [-0.1, -0.05) is 30.3 Å². The molecule has 0 unspecified atom stereocenters. The number of alkyl halides is 2. The molecule has 29 heavy (non-hydrogen) atoms. The lowest BCUT2D eigenvalue weighted by molar-refractivity contribution is -0.0512. The molecule has 3 aromatic carbocycles. The maximum absolute atomic E-state index is 12.4. The molecule has 0 spiro atoms. The van der Waals surface area contributed by atoms with E-state index in [0.29, 0.717) is 18.0 Å². The molecule has 5 nitrogen and oxygen atoms in total. The van der Waals surface area contributed by atoms with Gasteiger partial charge in [-0.2, -0.15) is 8.78 Å². The Morgan fingerprint density at radius 2 is 1.69 bits per heavy atom. The number of hydrogen-bond donors (Lipinski definition) is 1. The lowest BCUT2D eigenvalue weighted by Crippen LogP contribution is -2.12. The van der Waals surface area contributed by atoms with Gasteiger partial charge < -0.3 is 19.5 Å². The number of methoxy groups -OCH3 is 1. The van der Waals surface area contributed by atoms with Gasteiger partial charge in [-0.05, 0) is 48.0 Å². The molecule has 150 valence electrons. The maximum atomic E-state index is 12.4. The molecule has 0 radical (unpaired) electrons. The summed E-state index contributed by atoms with van der Waals surface area (Å²) in [5.74, 6) is 0.161. The SMILES string of the molecule is COc1cc(C(=O)Nc2ccc(OCc3ccccc3)cc2)ccc1OC(F)F. The number of anilines is 1. The van der Waals surface area contributed by atoms with Gasteiger partial charge in [0.15, 0.2) is 11.5 Å². The molecule has 0 aliphatic rings. The highest BCUT2D eigenvalue weighted by Gasteiger charge is 2.14. The van der Waals surface area contributed by atoms with E-state index in [9.17, 15) is 13.6 Å². The number of carbonyl (C=O) groups excluding carboxylic acids is 1. The predicted octanol–water partition coefficient (Wildman–Crippen LogP) is 5.13. The van der Waals surface area contributed by atoms with E-state index in [2.05, 4.69) is 10.1 Å². The average molecular weight is 399 g/mol. The first-order valence-electron chi connectivity index (χ1n) is 8.76. The van der Waals surface area contributed by atoms with Crippen LogP contribution in [0, 0.1) is 0 Å². The summed E-state index contributed by atoms with van der Waals surface area (Å²) in [6.07, 6.45) is 0. The van der Waals surface area contributed by atoms with Crippen molar-refractivity contribution in [1.29, 1.82) is 0 Å². The van der Waals surface area contributed by atoms with Crippen LogP contribution in [0.5, 0.6) is 17.2 Å². The number of halogens is 2. The molecule has 0 saturated heterocycles. The van der Waals surface area contributed by atoms with Gasteiger partial charge in [0.1, 0.15) is 12.4 Å². The lowest BCUT2D eigenvalue weighted by atomic mass is 10.2. The normalized spacial score (nSPS) is 10.5. The van der Waals surface area contributed by atoms with E-state index in [1.807, 2.05) is 30.3 Å². The standard InChI is InChI=1S/C22H19F2NO4/c1-27-20-13-16(7-12-19(20)29-22(23)24)21(26)25-17-8-10-18(11-9-17)28-14-15-5-3-2-4-6-15/h2-13,22H,14H2,1H3,(H,25,26). The van der Waals surface area contributed by atoms with Crippen LogP contribution >= 0.6 is 0 Å². The van der Waals surface area contributed by atoms with Gasteiger partial charge in [0, 0.05) is 11.3 Å². The van der Waals surface area contributed by atoms with E-state index in [1.54, 1.807) is 24.3 Å². The van der Waals surface area contributed by atoms with Crippen molar-refractivity contribution >= 4 is 11.6 Å². The Labute approximate surface area is 166 Å². The van der Waals surface area contributed by atoms with Gasteiger partial charge in [0.25, 0.3) is 5.91 Å². The molecule has 0 aliphatic carbocycles. The minimum atomic E-state index is -2.98. The largest absolute Gasteiger partial charge is 0.493 e. The van der Waals surface area contributed by atoms with Crippen LogP contribution in [0.3, 0.4) is 0 Å². The summed E-state index contributed by atoms with van der Waals surface area (Å²) in [7, 11) is 1.31. The molecular weight excluding hydrogens is 380 g/mol. The van der Waals surface area contributed by atoms with Gasteiger partial charge in [0.2, 0.25) is 0 Å². The molecule has 0 fully saturated rings. The summed E-state index contributed by atoms with van der Waals surface area (Å²) >= 11 is 0. The second-order valence-corrected chi connectivity index (χ2v) is 6.00. The molecule has 0 bridgehead atoms. The summed E-state index contributed by atoms with van der Waals surface area (Å²) in [6.45, 7) is -2.54. The minimum Gasteiger partial charge on any atom is -0.493 e. The van der Waals surface area contributed by atoms with Crippen LogP contribution in [0.25, 0.3) is 0 Å². The smallest absolute Gasteiger partial charge is 0.387 e. The van der Waals surface area contributed by atoms with Crippen molar-refractivity contribution in [3.05, 3.63) is 83.9 Å². The molecule has 3 aromatic rings. The molecule has 3 rings (SSSR count). The van der Waals surface area contributed by atoms with Gasteiger partial charge in [-0.25, -0.2) is 0 Å². The molecule has 1 N–H and O–H groups in total. The zero-order chi connectivity index (χ0) is 20.6. The van der Waals surface area contributed by atoms with E-state index in [0.717, 1.165) is 5.56 Å². The van der Waals surface area contributed by atoms with Crippen molar-refractivity contribution in [1.82, 2.24) is 0 Å². The van der Waals surface area contributed by atoms with Crippen LogP contribution in [0.2, 0.25) is 0 Å². The number of benzene rings is 3. The second-order valence-electron chi connectivity index (χ2n) is 6.00. The Hall–Kier alpha value is -3.61. The Bertz CT molecular complexity index is 947. The van der Waals surface area contributed by atoms with Gasteiger partial charge in [-0.3, -0.25) is 4.79 Å². The van der Waals surface area contributed by atoms with Crippen LogP contribution in [0.1, 0.15) is 15.9 Å². The predicted molar refractivity (Wildman–Crippen MR) is 105 cm³/mol. The zero-order valence-electron chi connectivity index (χ0n) is 15.6. The van der Waals surface area contributed by atoms with E-state index in [1.165, 1.54) is 25.3 Å². The highest BCUT2D eigenvalue weighted by atomic mass is 19.3. The van der Waals surface area contributed by atoms with E-state index < -0.39 is 12.5 Å². The third-order valence-electron chi connectivity index (χ3n) is 4.00. The van der Waals surface area contributed by atoms with Gasteiger partial charge in [-0.15, -0.1) is 0 Å². The number of rotatable bonds is 8. The first-order valence-corrected chi connectivity index (χ1v) is 8.76. The molecule has 0 aromatic heterocycles. The molecule has 1 amide bonds. The summed E-state index contributed by atoms with van der Waals surface area (Å²) < 4.78 is 39.9. The molecule has 7 heteroatoms. The Morgan fingerprint density at radius 3 is 2.34 bits per heavy atom. The number of amides is 1. The average Bonchev–Trinajstić information content (AvgIpc) is 2.74. The van der Waals surface area contributed by atoms with Crippen LogP contribution < -0.4 is 19.5 Å². The summed E-state index contributed by atoms with van der Waals surface area (Å²) in [5, 5.41) is 2.73. The van der Waals surface area contributed by atoms with Crippen LogP contribution in [0.15, 0.2) is 72.8 Å². The fourth-order valence-corrected chi connectivity index (χ4v) is 2.58. The highest BCUT2D eigenvalue weighted by molar-refractivity contribution is 6.04. The second kappa shape index (κ2) is 9.54. The van der Waals surface area contributed by atoms with Crippen molar-refractivity contribution in [2.45, 2.75) is 13.2 Å². The van der Waals surface area contributed by atoms with Crippen molar-refractivity contribution in [3.63, 3.8) is 0 Å². The molecule has 0 aliphatic heterocycles. The summed E-state index contributed by atoms with van der Waals surface area (Å²) in [6, 6.07) is 20.7. The first kappa shape index (κ1) is 20.1. The Kier molecular flexibility index (Phi) is 6.63. The fourth-order valence-electron chi connectivity index (χ4n) is 2.58. The van der Waals surface area contributed by atoms with Crippen molar-refractivity contribution in [2.75, 3.05) is 12.4 Å². The van der Waals surface area contributed by atoms with Gasteiger partial charge in [0.05, 0.1) is 7.11 Å². The van der Waals surface area contributed by atoms with Gasteiger partial charge >= 0.3 is 6.61 Å². The number of ether oxygens (including phenoxy) is 3. The van der Waals surface area contributed by atoms with Crippen LogP contribution in [-0.2, 0) is 6.61 Å². The molecule has 0 saturated carbocycles. The monoisotopic (exact) mass is 399 g/mol. The maximum Gasteiger partial charge on any atom is 0.387 e. The molecule has 0 atom stereocenters. The van der Waals surface area contributed by atoms with E-state index in [-0.39, 0.29) is 17.1 Å². The Morgan fingerprint density at radius 1 is 0.966 bits per heavy atom. The number of carbonyl (C=O) groups is 1. The van der Waals surface area contributed by atoms with Crippen LogP contribution in [-0.4, -0.2) is 19.6 Å². The summed E-state index contributed by atoms with van der Waals surface area (Å²) in [4.78, 5) is 12.4. The summed E-state index contributed by atoms with van der Waals surface area (Å²) in [5.41, 5.74) is 1.86. The first-order chi connectivity index (χ1) is 14.0. The lowest BCUT2D eigenvalue weighted by Gasteiger charge is -2.12. The Balaban J connectivity index is 1.61. The highest BCUT2D eigenvalue weighted by Crippen LogP contribution is 2.29. The van der Waals surface area contributed by atoms with Crippen LogP contribution in [0.4, 0.5) is 14.5 Å². The van der Waals surface area contributed by atoms with E-state index >= 15 is 0 Å². The molecular formula is C22H19F2NO4. The molecule has 0 heterocycles. The topological polar surface area (TPSA) is 56.8 Å².